The highest BCUT2D eigenvalue weighted by atomic mass is 15.2. The van der Waals surface area contributed by atoms with Crippen molar-refractivity contribution >= 4 is 28.1 Å². The maximum absolute atomic E-state index is 5.03. The molecule has 8 rings (SSSR count). The first-order valence-electron chi connectivity index (χ1n) is 14.2. The van der Waals surface area contributed by atoms with Crippen molar-refractivity contribution in [1.82, 2.24) is 24.5 Å². The molecule has 0 saturated carbocycles. The van der Waals surface area contributed by atoms with Gasteiger partial charge in [-0.2, -0.15) is 0 Å². The molecular weight excluding hydrogens is 516 g/mol. The fraction of sp³-hybridized carbons (Fsp3) is 0.0556. The van der Waals surface area contributed by atoms with Gasteiger partial charge in [0.1, 0.15) is 5.82 Å². The van der Waals surface area contributed by atoms with Crippen molar-refractivity contribution in [3.8, 4) is 39.9 Å². The molecule has 5 aromatic carbocycles. The average molecular weight is 543 g/mol. The van der Waals surface area contributed by atoms with E-state index >= 15 is 0 Å². The molecule has 6 heteroatoms. The molecular formula is C36H26N6. The fourth-order valence-electron chi connectivity index (χ4n) is 5.79. The molecule has 0 aliphatic carbocycles. The van der Waals surface area contributed by atoms with Gasteiger partial charge in [0.25, 0.3) is 0 Å². The van der Waals surface area contributed by atoms with E-state index in [1.54, 1.807) is 0 Å². The van der Waals surface area contributed by atoms with Crippen LogP contribution >= 0.6 is 0 Å². The zero-order valence-corrected chi connectivity index (χ0v) is 23.0. The summed E-state index contributed by atoms with van der Waals surface area (Å²) in [5.41, 5.74) is 9.26. The van der Waals surface area contributed by atoms with E-state index in [0.717, 1.165) is 62.7 Å². The van der Waals surface area contributed by atoms with Crippen LogP contribution in [0.1, 0.15) is 12.7 Å². The number of aromatic nitrogens is 5. The van der Waals surface area contributed by atoms with Gasteiger partial charge in [0.15, 0.2) is 17.5 Å². The van der Waals surface area contributed by atoms with E-state index in [1.807, 2.05) is 66.7 Å². The number of imidazole rings is 1. The molecule has 0 fully saturated rings. The van der Waals surface area contributed by atoms with Crippen LogP contribution in [-0.4, -0.2) is 24.5 Å². The van der Waals surface area contributed by atoms with Gasteiger partial charge in [-0.1, -0.05) is 91.9 Å². The molecule has 0 atom stereocenters. The Labute approximate surface area is 243 Å². The highest BCUT2D eigenvalue weighted by Crippen LogP contribution is 2.47. The van der Waals surface area contributed by atoms with Gasteiger partial charge in [0.2, 0.25) is 0 Å². The summed E-state index contributed by atoms with van der Waals surface area (Å²) >= 11 is 0. The van der Waals surface area contributed by atoms with Crippen molar-refractivity contribution in [1.29, 1.82) is 0 Å². The summed E-state index contributed by atoms with van der Waals surface area (Å²) in [6, 6.07) is 43.5. The van der Waals surface area contributed by atoms with Crippen LogP contribution < -0.4 is 4.90 Å². The highest BCUT2D eigenvalue weighted by Gasteiger charge is 2.29. The smallest absolute Gasteiger partial charge is 0.164 e. The van der Waals surface area contributed by atoms with Crippen molar-refractivity contribution in [2.45, 2.75) is 13.3 Å². The molecule has 1 aliphatic heterocycles. The van der Waals surface area contributed by atoms with Crippen molar-refractivity contribution in [2.24, 2.45) is 0 Å². The van der Waals surface area contributed by atoms with Crippen LogP contribution in [0, 0.1) is 0 Å². The number of para-hydroxylation sites is 2. The predicted octanol–water partition coefficient (Wildman–Crippen LogP) is 8.56. The molecule has 7 aromatic rings. The minimum atomic E-state index is 0.630. The van der Waals surface area contributed by atoms with Crippen LogP contribution in [0.4, 0.5) is 17.1 Å². The molecule has 0 spiro atoms. The van der Waals surface area contributed by atoms with Gasteiger partial charge in [0, 0.05) is 28.8 Å². The van der Waals surface area contributed by atoms with E-state index in [4.69, 9.17) is 19.9 Å². The molecule has 0 radical (unpaired) electrons. The zero-order chi connectivity index (χ0) is 28.0. The van der Waals surface area contributed by atoms with Crippen LogP contribution in [0.15, 0.2) is 127 Å². The normalized spacial score (nSPS) is 12.0. The molecule has 0 bridgehead atoms. The number of nitrogens with zero attached hydrogens (tertiary/aromatic N) is 6. The first-order chi connectivity index (χ1) is 20.8. The number of anilines is 3. The van der Waals surface area contributed by atoms with Crippen molar-refractivity contribution in [3.63, 3.8) is 0 Å². The third-order valence-corrected chi connectivity index (χ3v) is 7.71. The number of hydrogen-bond acceptors (Lipinski definition) is 5. The minimum absolute atomic E-state index is 0.630. The Morgan fingerprint density at radius 2 is 1.10 bits per heavy atom. The molecule has 3 heterocycles. The topological polar surface area (TPSA) is 59.7 Å². The maximum Gasteiger partial charge on any atom is 0.164 e. The fourth-order valence-corrected chi connectivity index (χ4v) is 5.79. The van der Waals surface area contributed by atoms with E-state index in [9.17, 15) is 0 Å². The lowest BCUT2D eigenvalue weighted by Gasteiger charge is -2.33. The molecule has 6 nitrogen and oxygen atoms in total. The Morgan fingerprint density at radius 1 is 0.500 bits per heavy atom. The second kappa shape index (κ2) is 9.78. The first-order valence-corrected chi connectivity index (χ1v) is 14.2. The Balaban J connectivity index is 1.38. The number of fused-ring (bicyclic) bond motifs is 2. The van der Waals surface area contributed by atoms with Crippen LogP contribution in [-0.2, 0) is 6.42 Å². The molecule has 42 heavy (non-hydrogen) atoms. The van der Waals surface area contributed by atoms with Gasteiger partial charge in [-0.3, -0.25) is 4.57 Å². The summed E-state index contributed by atoms with van der Waals surface area (Å²) in [6.07, 6.45) is 0.811. The summed E-state index contributed by atoms with van der Waals surface area (Å²) < 4.78 is 2.31. The Kier molecular flexibility index (Phi) is 5.64. The lowest BCUT2D eigenvalue weighted by molar-refractivity contribution is 0.900. The first kappa shape index (κ1) is 24.2. The molecule has 0 saturated heterocycles. The van der Waals surface area contributed by atoms with Gasteiger partial charge in [-0.15, -0.1) is 0 Å². The third-order valence-electron chi connectivity index (χ3n) is 7.71. The van der Waals surface area contributed by atoms with Gasteiger partial charge >= 0.3 is 0 Å². The van der Waals surface area contributed by atoms with Gasteiger partial charge in [0.05, 0.1) is 28.1 Å². The van der Waals surface area contributed by atoms with E-state index in [1.165, 1.54) is 0 Å². The summed E-state index contributed by atoms with van der Waals surface area (Å²) in [5, 5.41) is 0. The van der Waals surface area contributed by atoms with Crippen molar-refractivity contribution in [2.75, 3.05) is 4.90 Å². The average Bonchev–Trinajstić information content (AvgIpc) is 3.46. The van der Waals surface area contributed by atoms with Crippen LogP contribution in [0.2, 0.25) is 0 Å². The number of benzene rings is 5. The summed E-state index contributed by atoms with van der Waals surface area (Å²) in [6.45, 7) is 2.15. The Bertz CT molecular complexity index is 2010. The SMILES string of the molecule is CCc1nc2cccc3c2n1-c1cc(-c2nc(-c4ccccc4)nc(-c4ccccc4)n2)ccc1N3c1ccccc1. The lowest BCUT2D eigenvalue weighted by Crippen LogP contribution is -2.19. The zero-order valence-electron chi connectivity index (χ0n) is 23.0. The quantitative estimate of drug-likeness (QED) is 0.218. The number of hydrogen-bond donors (Lipinski definition) is 0. The Hall–Kier alpha value is -5.62. The predicted molar refractivity (Wildman–Crippen MR) is 168 cm³/mol. The number of rotatable bonds is 5. The maximum atomic E-state index is 5.03. The standard InChI is InChI=1S/C36H26N6/c1-2-32-37-28-19-12-20-30-33(28)42(32)31-23-26(21-22-29(31)41(30)27-17-10-5-11-18-27)36-39-34(24-13-6-3-7-14-24)38-35(40-36)25-15-8-4-9-16-25/h3-23H,2H2,1H3. The Morgan fingerprint density at radius 3 is 1.71 bits per heavy atom. The molecule has 0 unspecified atom stereocenters. The summed E-state index contributed by atoms with van der Waals surface area (Å²) in [4.78, 5) is 22.2. The third kappa shape index (κ3) is 3.88. The minimum Gasteiger partial charge on any atom is -0.306 e. The number of aryl methyl sites for hydroxylation is 1. The molecule has 0 N–H and O–H groups in total. The summed E-state index contributed by atoms with van der Waals surface area (Å²) in [7, 11) is 0. The van der Waals surface area contributed by atoms with Gasteiger partial charge < -0.3 is 4.90 Å². The summed E-state index contributed by atoms with van der Waals surface area (Å²) in [5.74, 6) is 2.94. The van der Waals surface area contributed by atoms with Crippen molar-refractivity contribution < 1.29 is 0 Å². The van der Waals surface area contributed by atoms with Crippen molar-refractivity contribution in [3.05, 3.63) is 133 Å². The van der Waals surface area contributed by atoms with E-state index < -0.39 is 0 Å². The molecule has 200 valence electrons. The van der Waals surface area contributed by atoms with E-state index in [0.29, 0.717) is 17.5 Å². The van der Waals surface area contributed by atoms with Crippen LogP contribution in [0.25, 0.3) is 50.9 Å². The monoisotopic (exact) mass is 542 g/mol. The molecule has 2 aromatic heterocycles. The second-order valence-electron chi connectivity index (χ2n) is 10.3. The van der Waals surface area contributed by atoms with Crippen LogP contribution in [0.5, 0.6) is 0 Å². The van der Waals surface area contributed by atoms with E-state index in [-0.39, 0.29) is 0 Å². The van der Waals surface area contributed by atoms with Gasteiger partial charge in [-0.25, -0.2) is 19.9 Å². The van der Waals surface area contributed by atoms with Gasteiger partial charge in [-0.05, 0) is 42.5 Å². The lowest BCUT2D eigenvalue weighted by atomic mass is 10.1. The molecule has 0 amide bonds. The second-order valence-corrected chi connectivity index (χ2v) is 10.3. The highest BCUT2D eigenvalue weighted by molar-refractivity contribution is 6.01. The van der Waals surface area contributed by atoms with Crippen LogP contribution in [0.3, 0.4) is 0 Å². The van der Waals surface area contributed by atoms with E-state index in [2.05, 4.69) is 77.1 Å². The largest absolute Gasteiger partial charge is 0.306 e. The molecule has 1 aliphatic rings.